The molecule has 0 aliphatic carbocycles. The number of nitrogens with zero attached hydrogens (tertiary/aromatic N) is 4. The van der Waals surface area contributed by atoms with Gasteiger partial charge < -0.3 is 0 Å². The first kappa shape index (κ1) is 10.1. The van der Waals surface area contributed by atoms with E-state index < -0.39 is 0 Å². The minimum absolute atomic E-state index is 0.427. The molecule has 0 aromatic carbocycles. The molecule has 1 aliphatic rings. The summed E-state index contributed by atoms with van der Waals surface area (Å²) < 4.78 is 0. The van der Waals surface area contributed by atoms with Gasteiger partial charge in [-0.2, -0.15) is 0 Å². The SMILES string of the molecule is CB1N(C)N(C)B(C)N(C)N1C. The standard InChI is InChI=1S/C6H18B2N4/c1-7-9(3)11(5)8(2)12(6)10(7)4/h1-6H3. The third kappa shape index (κ3) is 1.40. The van der Waals surface area contributed by atoms with Gasteiger partial charge in [0.1, 0.15) is 0 Å². The molecule has 1 heterocycles. The lowest BCUT2D eigenvalue weighted by Crippen LogP contribution is -2.72. The van der Waals surface area contributed by atoms with Crippen molar-refractivity contribution in [3.8, 4) is 0 Å². The molecule has 1 rings (SSSR count). The van der Waals surface area contributed by atoms with Crippen molar-refractivity contribution < 1.29 is 0 Å². The summed E-state index contributed by atoms with van der Waals surface area (Å²) in [5.74, 6) is 0. The van der Waals surface area contributed by atoms with Crippen LogP contribution in [0.4, 0.5) is 0 Å². The Morgan fingerprint density at radius 1 is 0.583 bits per heavy atom. The molecule has 1 saturated heterocycles. The fourth-order valence-electron chi connectivity index (χ4n) is 1.54. The lowest BCUT2D eigenvalue weighted by molar-refractivity contribution is 0.0867. The van der Waals surface area contributed by atoms with Crippen molar-refractivity contribution in [3.05, 3.63) is 0 Å². The number of hydrazine groups is 2. The minimum atomic E-state index is 0.427. The van der Waals surface area contributed by atoms with Gasteiger partial charge in [0.2, 0.25) is 0 Å². The van der Waals surface area contributed by atoms with Gasteiger partial charge in [0, 0.05) is 0 Å². The fraction of sp³-hybridized carbons (Fsp3) is 1.00. The van der Waals surface area contributed by atoms with Crippen LogP contribution < -0.4 is 0 Å². The topological polar surface area (TPSA) is 13.0 Å². The van der Waals surface area contributed by atoms with Gasteiger partial charge in [0.05, 0.1) is 0 Å². The Balaban J connectivity index is 2.76. The fourth-order valence-corrected chi connectivity index (χ4v) is 1.54. The Labute approximate surface area is 76.3 Å². The van der Waals surface area contributed by atoms with Crippen LogP contribution in [0.3, 0.4) is 0 Å². The smallest absolute Gasteiger partial charge is 0.275 e. The molecular formula is C6H18B2N4. The van der Waals surface area contributed by atoms with E-state index in [0.29, 0.717) is 14.0 Å². The molecule has 0 atom stereocenters. The highest BCUT2D eigenvalue weighted by molar-refractivity contribution is 6.59. The Bertz CT molecular complexity index is 109. The van der Waals surface area contributed by atoms with Gasteiger partial charge in [0.15, 0.2) is 0 Å². The zero-order chi connectivity index (χ0) is 9.46. The van der Waals surface area contributed by atoms with Crippen molar-refractivity contribution in [2.75, 3.05) is 28.2 Å². The van der Waals surface area contributed by atoms with Crippen LogP contribution in [-0.2, 0) is 0 Å². The second kappa shape index (κ2) is 3.38. The van der Waals surface area contributed by atoms with Gasteiger partial charge in [-0.3, -0.25) is 19.7 Å². The summed E-state index contributed by atoms with van der Waals surface area (Å²) in [6.07, 6.45) is 0. The van der Waals surface area contributed by atoms with Crippen LogP contribution in [0.15, 0.2) is 0 Å². The molecule has 0 unspecified atom stereocenters. The predicted octanol–water partition coefficient (Wildman–Crippen LogP) is -0.207. The summed E-state index contributed by atoms with van der Waals surface area (Å²) >= 11 is 0. The van der Waals surface area contributed by atoms with Crippen molar-refractivity contribution >= 4 is 14.0 Å². The number of hydrogen-bond donors (Lipinski definition) is 0. The lowest BCUT2D eigenvalue weighted by atomic mass is 9.69. The van der Waals surface area contributed by atoms with Crippen LogP contribution in [0.5, 0.6) is 0 Å². The first-order valence-corrected chi connectivity index (χ1v) is 4.38. The van der Waals surface area contributed by atoms with E-state index >= 15 is 0 Å². The summed E-state index contributed by atoms with van der Waals surface area (Å²) in [6.45, 7) is 5.24. The molecule has 0 spiro atoms. The van der Waals surface area contributed by atoms with Gasteiger partial charge in [-0.25, -0.2) is 0 Å². The maximum Gasteiger partial charge on any atom is 0.333 e. The van der Waals surface area contributed by atoms with E-state index in [4.69, 9.17) is 0 Å². The average Bonchev–Trinajstić information content (AvgIpc) is 2.08. The van der Waals surface area contributed by atoms with E-state index in [1.54, 1.807) is 0 Å². The van der Waals surface area contributed by atoms with E-state index in [2.05, 4.69) is 61.5 Å². The Kier molecular flexibility index (Phi) is 2.83. The highest BCUT2D eigenvalue weighted by atomic mass is 15.7. The Morgan fingerprint density at radius 2 is 0.750 bits per heavy atom. The molecule has 1 aliphatic heterocycles. The van der Waals surface area contributed by atoms with Crippen LogP contribution in [0.1, 0.15) is 0 Å². The summed E-state index contributed by atoms with van der Waals surface area (Å²) in [5, 5.41) is 0. The first-order valence-electron chi connectivity index (χ1n) is 4.38. The highest BCUT2D eigenvalue weighted by Gasteiger charge is 2.38. The van der Waals surface area contributed by atoms with E-state index in [0.717, 1.165) is 0 Å². The quantitative estimate of drug-likeness (QED) is 0.464. The molecule has 0 aromatic rings. The zero-order valence-corrected chi connectivity index (χ0v) is 8.94. The molecule has 12 heavy (non-hydrogen) atoms. The molecule has 0 saturated carbocycles. The molecule has 4 nitrogen and oxygen atoms in total. The van der Waals surface area contributed by atoms with Gasteiger partial charge in [-0.1, -0.05) is 13.6 Å². The van der Waals surface area contributed by atoms with Gasteiger partial charge in [-0.15, -0.1) is 0 Å². The van der Waals surface area contributed by atoms with Crippen molar-refractivity contribution in [2.24, 2.45) is 0 Å². The number of hydrogen-bond acceptors (Lipinski definition) is 4. The largest absolute Gasteiger partial charge is 0.333 e. The van der Waals surface area contributed by atoms with Crippen LogP contribution in [0.25, 0.3) is 0 Å². The average molecular weight is 168 g/mol. The second-order valence-electron chi connectivity index (χ2n) is 3.56. The third-order valence-corrected chi connectivity index (χ3v) is 3.16. The third-order valence-electron chi connectivity index (χ3n) is 3.16. The lowest BCUT2D eigenvalue weighted by Gasteiger charge is -2.50. The molecule has 0 amide bonds. The molecule has 0 N–H and O–H groups in total. The molecule has 0 bridgehead atoms. The normalized spacial score (nSPS) is 25.5. The van der Waals surface area contributed by atoms with Crippen LogP contribution in [-0.4, -0.2) is 61.8 Å². The van der Waals surface area contributed by atoms with E-state index in [1.807, 2.05) is 0 Å². The minimum Gasteiger partial charge on any atom is -0.275 e. The molecular weight excluding hydrogens is 150 g/mol. The van der Waals surface area contributed by atoms with E-state index in [9.17, 15) is 0 Å². The predicted molar refractivity (Wildman–Crippen MR) is 54.3 cm³/mol. The van der Waals surface area contributed by atoms with Crippen molar-refractivity contribution in [2.45, 2.75) is 13.6 Å². The summed E-state index contributed by atoms with van der Waals surface area (Å²) in [7, 11) is 8.46. The molecule has 68 valence electrons. The zero-order valence-electron chi connectivity index (χ0n) is 8.94. The highest BCUT2D eigenvalue weighted by Crippen LogP contribution is 2.13. The van der Waals surface area contributed by atoms with Crippen LogP contribution in [0.2, 0.25) is 13.6 Å². The number of rotatable bonds is 0. The molecule has 6 heteroatoms. The maximum atomic E-state index is 2.24. The maximum absolute atomic E-state index is 2.24. The first-order chi connectivity index (χ1) is 5.46. The van der Waals surface area contributed by atoms with Gasteiger partial charge in [0.25, 0.3) is 0 Å². The van der Waals surface area contributed by atoms with Crippen molar-refractivity contribution in [1.82, 2.24) is 19.7 Å². The summed E-state index contributed by atoms with van der Waals surface area (Å²) in [6, 6.07) is 0. The Hall–Kier alpha value is -0.0301. The van der Waals surface area contributed by atoms with Gasteiger partial charge in [-0.05, 0) is 28.2 Å². The molecule has 0 aromatic heterocycles. The van der Waals surface area contributed by atoms with E-state index in [1.165, 1.54) is 0 Å². The second-order valence-corrected chi connectivity index (χ2v) is 3.56. The monoisotopic (exact) mass is 168 g/mol. The van der Waals surface area contributed by atoms with Crippen molar-refractivity contribution in [3.63, 3.8) is 0 Å². The molecule has 0 radical (unpaired) electrons. The van der Waals surface area contributed by atoms with Crippen LogP contribution in [0, 0.1) is 0 Å². The summed E-state index contributed by atoms with van der Waals surface area (Å²) in [4.78, 5) is 8.96. The van der Waals surface area contributed by atoms with Crippen molar-refractivity contribution in [1.29, 1.82) is 0 Å². The summed E-state index contributed by atoms with van der Waals surface area (Å²) in [5.41, 5.74) is 0. The molecule has 1 fully saturated rings. The Morgan fingerprint density at radius 3 is 0.917 bits per heavy atom. The van der Waals surface area contributed by atoms with Gasteiger partial charge >= 0.3 is 14.0 Å². The van der Waals surface area contributed by atoms with E-state index in [-0.39, 0.29) is 0 Å². The van der Waals surface area contributed by atoms with Crippen LogP contribution >= 0.6 is 0 Å².